The molecule has 0 amide bonds. The Morgan fingerprint density at radius 2 is 2.21 bits per heavy atom. The molecule has 3 aliphatic carbocycles. The van der Waals surface area contributed by atoms with Crippen LogP contribution in [0.3, 0.4) is 0 Å². The molecule has 0 aromatic heterocycles. The molecule has 3 aliphatic rings. The Morgan fingerprint density at radius 3 is 2.96 bits per heavy atom. The predicted molar refractivity (Wildman–Crippen MR) is 94.9 cm³/mol. The van der Waals surface area contributed by atoms with Gasteiger partial charge in [0.15, 0.2) is 0 Å². The summed E-state index contributed by atoms with van der Waals surface area (Å²) < 4.78 is 5.42. The maximum Gasteiger partial charge on any atom is 0.127 e. The van der Waals surface area contributed by atoms with Gasteiger partial charge in [0, 0.05) is 11.6 Å². The van der Waals surface area contributed by atoms with Gasteiger partial charge in [-0.3, -0.25) is 0 Å². The SMILES string of the molecule is CC[C@@]12CCCC[C@H]1[C@@H]1C/C(=N\O)c3c[c]c(OC)cc3[C@H]1CC2. The molecule has 129 valence electrons. The second-order valence-electron chi connectivity index (χ2n) is 8.00. The summed E-state index contributed by atoms with van der Waals surface area (Å²) in [7, 11) is 1.70. The molecule has 3 nitrogen and oxygen atoms in total. The molecule has 2 saturated carbocycles. The molecule has 0 heterocycles. The standard InChI is InChI=1S/C21H28NO2/c1-3-21-10-5-4-6-19(21)18-13-20(22-23)16-8-7-14(24-2)12-17(16)15(18)9-11-21/h8,12,15,18-19,23H,3-6,9-11,13H2,1-2H3/b22-20+/t15-,18-,19+,21+/m1/s1. The predicted octanol–water partition coefficient (Wildman–Crippen LogP) is 5.16. The van der Waals surface area contributed by atoms with Gasteiger partial charge >= 0.3 is 0 Å². The van der Waals surface area contributed by atoms with E-state index in [0.717, 1.165) is 29.4 Å². The highest BCUT2D eigenvalue weighted by molar-refractivity contribution is 6.03. The zero-order valence-corrected chi connectivity index (χ0v) is 14.8. The Morgan fingerprint density at radius 1 is 1.33 bits per heavy atom. The minimum absolute atomic E-state index is 0.530. The fourth-order valence-corrected chi connectivity index (χ4v) is 6.13. The van der Waals surface area contributed by atoms with Gasteiger partial charge in [-0.15, -0.1) is 0 Å². The lowest BCUT2D eigenvalue weighted by Crippen LogP contribution is -2.46. The van der Waals surface area contributed by atoms with Gasteiger partial charge in [0.1, 0.15) is 5.75 Å². The number of fused-ring (bicyclic) bond motifs is 5. The zero-order chi connectivity index (χ0) is 16.7. The molecule has 4 rings (SSSR count). The van der Waals surface area contributed by atoms with Crippen LogP contribution >= 0.6 is 0 Å². The average molecular weight is 326 g/mol. The second kappa shape index (κ2) is 6.09. The quantitative estimate of drug-likeness (QED) is 0.602. The smallest absolute Gasteiger partial charge is 0.127 e. The van der Waals surface area contributed by atoms with Crippen LogP contribution < -0.4 is 4.74 Å². The molecule has 4 atom stereocenters. The molecule has 0 saturated heterocycles. The molecule has 24 heavy (non-hydrogen) atoms. The van der Waals surface area contributed by atoms with Crippen LogP contribution in [0, 0.1) is 23.3 Å². The van der Waals surface area contributed by atoms with Gasteiger partial charge in [0.25, 0.3) is 0 Å². The number of nitrogens with zero attached hydrogens (tertiary/aromatic N) is 1. The van der Waals surface area contributed by atoms with Gasteiger partial charge in [-0.25, -0.2) is 0 Å². The normalized spacial score (nSPS) is 36.6. The van der Waals surface area contributed by atoms with E-state index in [0.29, 0.717) is 17.3 Å². The van der Waals surface area contributed by atoms with E-state index in [2.05, 4.69) is 24.2 Å². The molecule has 1 N–H and O–H groups in total. The summed E-state index contributed by atoms with van der Waals surface area (Å²) in [5.74, 6) is 2.76. The Balaban J connectivity index is 1.78. The summed E-state index contributed by atoms with van der Waals surface area (Å²) in [5.41, 5.74) is 3.79. The lowest BCUT2D eigenvalue weighted by Gasteiger charge is -2.55. The molecule has 1 aromatic carbocycles. The van der Waals surface area contributed by atoms with E-state index >= 15 is 0 Å². The van der Waals surface area contributed by atoms with Gasteiger partial charge in [0.2, 0.25) is 0 Å². The molecular formula is C21H28NO2. The van der Waals surface area contributed by atoms with Gasteiger partial charge in [-0.05, 0) is 73.0 Å². The van der Waals surface area contributed by atoms with E-state index in [1.165, 1.54) is 50.5 Å². The largest absolute Gasteiger partial charge is 0.496 e. The number of ether oxygens (including phenoxy) is 1. The van der Waals surface area contributed by atoms with E-state index < -0.39 is 0 Å². The van der Waals surface area contributed by atoms with Crippen molar-refractivity contribution in [2.45, 2.75) is 64.2 Å². The summed E-state index contributed by atoms with van der Waals surface area (Å²) in [5, 5.41) is 13.3. The molecule has 2 fully saturated rings. The number of hydrogen-bond acceptors (Lipinski definition) is 3. The van der Waals surface area contributed by atoms with Crippen molar-refractivity contribution in [1.82, 2.24) is 0 Å². The minimum atomic E-state index is 0.530. The third-order valence-electron chi connectivity index (χ3n) is 7.35. The van der Waals surface area contributed by atoms with E-state index in [4.69, 9.17) is 4.74 Å². The number of rotatable bonds is 2. The molecule has 1 radical (unpaired) electrons. The Kier molecular flexibility index (Phi) is 4.06. The maximum absolute atomic E-state index is 9.61. The van der Waals surface area contributed by atoms with Gasteiger partial charge in [-0.1, -0.05) is 31.3 Å². The first-order valence-corrected chi connectivity index (χ1v) is 9.53. The van der Waals surface area contributed by atoms with Crippen molar-refractivity contribution in [3.63, 3.8) is 0 Å². The summed E-state index contributed by atoms with van der Waals surface area (Å²) in [6.07, 6.45) is 10.3. The topological polar surface area (TPSA) is 41.8 Å². The van der Waals surface area contributed by atoms with Crippen LogP contribution in [-0.4, -0.2) is 18.0 Å². The van der Waals surface area contributed by atoms with E-state index in [1.54, 1.807) is 7.11 Å². The summed E-state index contributed by atoms with van der Waals surface area (Å²) in [4.78, 5) is 0. The number of benzene rings is 1. The highest BCUT2D eigenvalue weighted by Crippen LogP contribution is 2.61. The molecular weight excluding hydrogens is 298 g/mol. The van der Waals surface area contributed by atoms with E-state index in [1.807, 2.05) is 6.07 Å². The van der Waals surface area contributed by atoms with Crippen LogP contribution in [0.15, 0.2) is 17.3 Å². The second-order valence-corrected chi connectivity index (χ2v) is 8.00. The van der Waals surface area contributed by atoms with Crippen molar-refractivity contribution >= 4 is 5.71 Å². The highest BCUT2D eigenvalue weighted by Gasteiger charge is 2.51. The Bertz CT molecular complexity index is 653. The van der Waals surface area contributed by atoms with Crippen LogP contribution in [0.25, 0.3) is 0 Å². The lowest BCUT2D eigenvalue weighted by atomic mass is 9.49. The van der Waals surface area contributed by atoms with Gasteiger partial charge < -0.3 is 9.94 Å². The molecule has 0 bridgehead atoms. The number of hydrogen-bond donors (Lipinski definition) is 1. The van der Waals surface area contributed by atoms with Gasteiger partial charge in [-0.2, -0.15) is 0 Å². The van der Waals surface area contributed by atoms with Crippen molar-refractivity contribution in [2.75, 3.05) is 7.11 Å². The van der Waals surface area contributed by atoms with Gasteiger partial charge in [0.05, 0.1) is 12.8 Å². The first-order chi connectivity index (χ1) is 11.7. The summed E-state index contributed by atoms with van der Waals surface area (Å²) in [6, 6.07) is 7.27. The van der Waals surface area contributed by atoms with E-state index in [-0.39, 0.29) is 0 Å². The molecule has 0 spiro atoms. The summed E-state index contributed by atoms with van der Waals surface area (Å²) in [6.45, 7) is 2.38. The van der Waals surface area contributed by atoms with Crippen LogP contribution in [0.1, 0.15) is 75.3 Å². The average Bonchev–Trinajstić information content (AvgIpc) is 2.66. The molecule has 1 aromatic rings. The van der Waals surface area contributed by atoms with Crippen molar-refractivity contribution in [2.24, 2.45) is 22.4 Å². The zero-order valence-electron chi connectivity index (χ0n) is 14.8. The summed E-state index contributed by atoms with van der Waals surface area (Å²) >= 11 is 0. The minimum Gasteiger partial charge on any atom is -0.496 e. The Hall–Kier alpha value is -1.51. The van der Waals surface area contributed by atoms with Crippen molar-refractivity contribution in [3.8, 4) is 5.75 Å². The number of methoxy groups -OCH3 is 1. The van der Waals surface area contributed by atoms with Crippen molar-refractivity contribution in [1.29, 1.82) is 0 Å². The molecule has 0 unspecified atom stereocenters. The van der Waals surface area contributed by atoms with E-state index in [9.17, 15) is 5.21 Å². The lowest BCUT2D eigenvalue weighted by molar-refractivity contribution is -0.0142. The Labute approximate surface area is 145 Å². The molecule has 0 aliphatic heterocycles. The fourth-order valence-electron chi connectivity index (χ4n) is 6.13. The monoisotopic (exact) mass is 326 g/mol. The van der Waals surface area contributed by atoms with Crippen LogP contribution in [0.5, 0.6) is 5.75 Å². The van der Waals surface area contributed by atoms with Crippen LogP contribution in [0.4, 0.5) is 0 Å². The highest BCUT2D eigenvalue weighted by atomic mass is 16.5. The first-order valence-electron chi connectivity index (χ1n) is 9.53. The third-order valence-corrected chi connectivity index (χ3v) is 7.35. The third kappa shape index (κ3) is 2.28. The van der Waals surface area contributed by atoms with Crippen molar-refractivity contribution in [3.05, 3.63) is 29.3 Å². The molecule has 3 heteroatoms. The van der Waals surface area contributed by atoms with Crippen LogP contribution in [0.2, 0.25) is 0 Å². The number of oxime groups is 1. The van der Waals surface area contributed by atoms with Crippen molar-refractivity contribution < 1.29 is 9.94 Å². The maximum atomic E-state index is 9.61. The van der Waals surface area contributed by atoms with Crippen LogP contribution in [-0.2, 0) is 0 Å². The fraction of sp³-hybridized carbons (Fsp3) is 0.667. The first kappa shape index (κ1) is 16.0.